The molecular weight excluding hydrogens is 460 g/mol. The number of likely N-dealkylation sites (tertiary alicyclic amines) is 1. The zero-order chi connectivity index (χ0) is 24.4. The number of rotatable bonds is 7. The molecule has 5 rings (SSSR count). The molecule has 0 unspecified atom stereocenters. The van der Waals surface area contributed by atoms with Gasteiger partial charge in [0.1, 0.15) is 5.75 Å². The third kappa shape index (κ3) is 5.17. The number of thiazole rings is 1. The summed E-state index contributed by atoms with van der Waals surface area (Å²) >= 11 is 1.59. The van der Waals surface area contributed by atoms with Crippen molar-refractivity contribution in [3.8, 4) is 17.0 Å². The lowest BCUT2D eigenvalue weighted by molar-refractivity contribution is -0.127. The molecule has 0 saturated carbocycles. The van der Waals surface area contributed by atoms with Gasteiger partial charge in [-0.1, -0.05) is 26.0 Å². The number of nitrogens with one attached hydrogen (secondary N) is 1. The largest absolute Gasteiger partial charge is 0.482 e. The molecule has 1 fully saturated rings. The van der Waals surface area contributed by atoms with Gasteiger partial charge in [-0.3, -0.25) is 9.59 Å². The third-order valence-corrected chi connectivity index (χ3v) is 7.34. The molecule has 1 saturated heterocycles. The quantitative estimate of drug-likeness (QED) is 0.511. The highest BCUT2D eigenvalue weighted by Gasteiger charge is 2.20. The molecule has 2 amide bonds. The zero-order valence-electron chi connectivity index (χ0n) is 20.1. The first kappa shape index (κ1) is 23.4. The fourth-order valence-corrected chi connectivity index (χ4v) is 5.47. The van der Waals surface area contributed by atoms with Gasteiger partial charge in [-0.15, -0.1) is 11.3 Å². The van der Waals surface area contributed by atoms with E-state index in [0.717, 1.165) is 54.2 Å². The van der Waals surface area contributed by atoms with Gasteiger partial charge < -0.3 is 19.5 Å². The van der Waals surface area contributed by atoms with Crippen LogP contribution in [-0.4, -0.2) is 41.0 Å². The van der Waals surface area contributed by atoms with Gasteiger partial charge in [0, 0.05) is 37.0 Å². The highest BCUT2D eigenvalue weighted by molar-refractivity contribution is 7.07. The van der Waals surface area contributed by atoms with E-state index in [-0.39, 0.29) is 18.4 Å². The Kier molecular flexibility index (Phi) is 6.72. The van der Waals surface area contributed by atoms with E-state index in [1.54, 1.807) is 11.3 Å². The first-order chi connectivity index (χ1) is 17.0. The number of carbonyl (C=O) groups excluding carboxylic acids is 2. The Morgan fingerprint density at radius 3 is 2.69 bits per heavy atom. The van der Waals surface area contributed by atoms with Gasteiger partial charge in [-0.05, 0) is 54.7 Å². The van der Waals surface area contributed by atoms with Gasteiger partial charge in [-0.2, -0.15) is 0 Å². The summed E-state index contributed by atoms with van der Waals surface area (Å²) in [6, 6.07) is 14.3. The van der Waals surface area contributed by atoms with Crippen LogP contribution in [0.2, 0.25) is 0 Å². The van der Waals surface area contributed by atoms with E-state index in [2.05, 4.69) is 53.4 Å². The van der Waals surface area contributed by atoms with E-state index in [0.29, 0.717) is 23.8 Å². The van der Waals surface area contributed by atoms with Gasteiger partial charge in [0.25, 0.3) is 5.91 Å². The molecule has 0 atom stereocenters. The summed E-state index contributed by atoms with van der Waals surface area (Å²) < 4.78 is 7.74. The van der Waals surface area contributed by atoms with Crippen molar-refractivity contribution in [2.24, 2.45) is 4.99 Å². The Morgan fingerprint density at radius 2 is 1.94 bits per heavy atom. The summed E-state index contributed by atoms with van der Waals surface area (Å²) in [5, 5.41) is 5.00. The number of fused-ring (bicyclic) bond motifs is 1. The van der Waals surface area contributed by atoms with Gasteiger partial charge in [0.05, 0.1) is 17.1 Å². The van der Waals surface area contributed by atoms with Crippen LogP contribution >= 0.6 is 11.3 Å². The van der Waals surface area contributed by atoms with Crippen molar-refractivity contribution in [1.29, 1.82) is 0 Å². The summed E-state index contributed by atoms with van der Waals surface area (Å²) in [6.45, 7) is 6.75. The molecule has 7 nitrogen and oxygen atoms in total. The molecule has 3 aromatic rings. The molecule has 0 spiro atoms. The van der Waals surface area contributed by atoms with Crippen LogP contribution in [0.3, 0.4) is 0 Å². The normalized spacial score (nSPS) is 16.0. The van der Waals surface area contributed by atoms with Gasteiger partial charge in [0.2, 0.25) is 5.91 Å². The predicted molar refractivity (Wildman–Crippen MR) is 138 cm³/mol. The van der Waals surface area contributed by atoms with Crippen LogP contribution in [0.1, 0.15) is 44.6 Å². The van der Waals surface area contributed by atoms with E-state index in [9.17, 15) is 9.59 Å². The summed E-state index contributed by atoms with van der Waals surface area (Å²) in [6.07, 6.45) is 2.46. The molecular formula is C27H30N4O3S. The van der Waals surface area contributed by atoms with E-state index < -0.39 is 0 Å². The van der Waals surface area contributed by atoms with Crippen molar-refractivity contribution in [3.63, 3.8) is 0 Å². The molecule has 1 N–H and O–H groups in total. The van der Waals surface area contributed by atoms with Crippen LogP contribution < -0.4 is 14.9 Å². The van der Waals surface area contributed by atoms with Crippen LogP contribution in [0.25, 0.3) is 11.3 Å². The lowest BCUT2D eigenvalue weighted by Gasteiger charge is -2.19. The fraction of sp³-hybridized carbons (Fsp3) is 0.370. The van der Waals surface area contributed by atoms with Crippen molar-refractivity contribution in [1.82, 2.24) is 9.47 Å². The van der Waals surface area contributed by atoms with Crippen molar-refractivity contribution in [2.45, 2.75) is 45.6 Å². The topological polar surface area (TPSA) is 75.9 Å². The second kappa shape index (κ2) is 10.1. The molecule has 182 valence electrons. The van der Waals surface area contributed by atoms with Crippen LogP contribution in [0.15, 0.2) is 52.8 Å². The predicted octanol–water partition coefficient (Wildman–Crippen LogP) is 4.92. The molecule has 0 bridgehead atoms. The van der Waals surface area contributed by atoms with Crippen LogP contribution in [-0.2, 0) is 16.1 Å². The van der Waals surface area contributed by atoms with Crippen LogP contribution in [0, 0.1) is 0 Å². The average molecular weight is 491 g/mol. The number of anilines is 1. The third-order valence-electron chi connectivity index (χ3n) is 6.47. The smallest absolute Gasteiger partial charge is 0.262 e. The van der Waals surface area contributed by atoms with Crippen molar-refractivity contribution >= 4 is 34.5 Å². The highest BCUT2D eigenvalue weighted by atomic mass is 32.1. The Balaban J connectivity index is 1.48. The van der Waals surface area contributed by atoms with Gasteiger partial charge in [0.15, 0.2) is 11.4 Å². The Morgan fingerprint density at radius 1 is 1.11 bits per heavy atom. The number of ether oxygens (including phenoxy) is 1. The van der Waals surface area contributed by atoms with Crippen molar-refractivity contribution < 1.29 is 14.3 Å². The SMILES string of the molecule is CC(C)c1ccc(N=c2scc(-c3ccc4c(c3)NC(=O)CO4)n2CCCN2CCCC2=O)cc1. The Labute approximate surface area is 209 Å². The first-order valence-corrected chi connectivity index (χ1v) is 13.0. The van der Waals surface area contributed by atoms with Gasteiger partial charge in [-0.25, -0.2) is 4.99 Å². The maximum absolute atomic E-state index is 12.1. The second-order valence-corrected chi connectivity index (χ2v) is 10.1. The minimum atomic E-state index is -0.149. The number of hydrogen-bond donors (Lipinski definition) is 1. The van der Waals surface area contributed by atoms with E-state index in [1.807, 2.05) is 23.1 Å². The zero-order valence-corrected chi connectivity index (χ0v) is 20.9. The molecule has 0 radical (unpaired) electrons. The average Bonchev–Trinajstić information content (AvgIpc) is 3.45. The molecule has 1 aromatic heterocycles. The number of carbonyl (C=O) groups is 2. The molecule has 2 aliphatic rings. The van der Waals surface area contributed by atoms with Gasteiger partial charge >= 0.3 is 0 Å². The minimum absolute atomic E-state index is 0.0403. The lowest BCUT2D eigenvalue weighted by atomic mass is 10.0. The monoisotopic (exact) mass is 490 g/mol. The summed E-state index contributed by atoms with van der Waals surface area (Å²) in [5.74, 6) is 1.26. The fourth-order valence-electron chi connectivity index (χ4n) is 4.51. The van der Waals surface area contributed by atoms with Crippen molar-refractivity contribution in [2.75, 3.05) is 25.0 Å². The standard InChI is InChI=1S/C27H30N4O3S/c1-18(2)19-6-9-21(10-7-19)28-27-31(14-4-13-30-12-3-5-26(30)33)23(17-35-27)20-8-11-24-22(15-20)29-25(32)16-34-24/h6-11,15,17-18H,3-5,12-14,16H2,1-2H3,(H,29,32). The Bertz CT molecular complexity index is 1310. The molecule has 2 aromatic carbocycles. The van der Waals surface area contributed by atoms with Crippen LogP contribution in [0.4, 0.5) is 11.4 Å². The molecule has 3 heterocycles. The molecule has 2 aliphatic heterocycles. The van der Waals surface area contributed by atoms with E-state index in [4.69, 9.17) is 9.73 Å². The molecule has 35 heavy (non-hydrogen) atoms. The lowest BCUT2D eigenvalue weighted by Crippen LogP contribution is -2.27. The maximum atomic E-state index is 12.1. The Hall–Kier alpha value is -3.39. The number of amides is 2. The first-order valence-electron chi connectivity index (χ1n) is 12.2. The number of aromatic nitrogens is 1. The van der Waals surface area contributed by atoms with Crippen molar-refractivity contribution in [3.05, 3.63) is 58.2 Å². The number of nitrogens with zero attached hydrogens (tertiary/aromatic N) is 3. The molecule has 8 heteroatoms. The highest BCUT2D eigenvalue weighted by Crippen LogP contribution is 2.33. The second-order valence-electron chi connectivity index (χ2n) is 9.30. The van der Waals surface area contributed by atoms with E-state index >= 15 is 0 Å². The minimum Gasteiger partial charge on any atom is -0.482 e. The van der Waals surface area contributed by atoms with Crippen LogP contribution in [0.5, 0.6) is 5.75 Å². The summed E-state index contributed by atoms with van der Waals surface area (Å²) in [7, 11) is 0. The number of benzene rings is 2. The number of hydrogen-bond acceptors (Lipinski definition) is 5. The maximum Gasteiger partial charge on any atom is 0.262 e. The van der Waals surface area contributed by atoms with E-state index in [1.165, 1.54) is 5.56 Å². The molecule has 0 aliphatic carbocycles. The summed E-state index contributed by atoms with van der Waals surface area (Å²) in [5.41, 5.74) is 4.90. The summed E-state index contributed by atoms with van der Waals surface area (Å²) in [4.78, 5) is 31.7.